The average molecular weight is 618 g/mol. The standard InChI is InChI=1S/C30H33ClFN3O6S/c1-3-4-15-33-30(37)21(2)34(19-22-5-7-23(31)8-6-22)29(36)20-35(25-11-9-24(32)10-12-25)42(38,39)26-13-14-27-28(18-26)41-17-16-40-27/h5-14,18,21H,3-4,15-17,19-20H2,1-2H3,(H,33,37)/t21-/m1/s1. The van der Waals surface area contributed by atoms with E-state index in [2.05, 4.69) is 5.32 Å². The minimum Gasteiger partial charge on any atom is -0.486 e. The summed E-state index contributed by atoms with van der Waals surface area (Å²) in [6, 6.07) is 14.8. The van der Waals surface area contributed by atoms with Gasteiger partial charge in [-0.15, -0.1) is 0 Å². The Morgan fingerprint density at radius 2 is 1.67 bits per heavy atom. The number of carbonyl (C=O) groups excluding carboxylic acids is 2. The summed E-state index contributed by atoms with van der Waals surface area (Å²) in [4.78, 5) is 28.2. The first-order valence-electron chi connectivity index (χ1n) is 13.6. The van der Waals surface area contributed by atoms with Crippen molar-refractivity contribution in [2.45, 2.75) is 44.2 Å². The fraction of sp³-hybridized carbons (Fsp3) is 0.333. The highest BCUT2D eigenvalue weighted by atomic mass is 35.5. The Morgan fingerprint density at radius 3 is 2.33 bits per heavy atom. The fourth-order valence-electron chi connectivity index (χ4n) is 4.35. The third-order valence-corrected chi connectivity index (χ3v) is 8.78. The van der Waals surface area contributed by atoms with Crippen molar-refractivity contribution in [3.8, 4) is 11.5 Å². The Kier molecular flexibility index (Phi) is 10.3. The van der Waals surface area contributed by atoms with Gasteiger partial charge in [-0.2, -0.15) is 0 Å². The molecule has 0 saturated heterocycles. The van der Waals surface area contributed by atoms with Crippen LogP contribution >= 0.6 is 11.6 Å². The van der Waals surface area contributed by atoms with Gasteiger partial charge in [-0.1, -0.05) is 37.1 Å². The molecule has 0 spiro atoms. The van der Waals surface area contributed by atoms with E-state index in [0.717, 1.165) is 29.3 Å². The molecule has 0 aromatic heterocycles. The van der Waals surface area contributed by atoms with E-state index >= 15 is 0 Å². The second kappa shape index (κ2) is 13.9. The highest BCUT2D eigenvalue weighted by Gasteiger charge is 2.33. The summed E-state index contributed by atoms with van der Waals surface area (Å²) in [6.45, 7) is 4.01. The number of amides is 2. The Bertz CT molecular complexity index is 1500. The van der Waals surface area contributed by atoms with Crippen LogP contribution in [0.15, 0.2) is 71.6 Å². The molecule has 42 heavy (non-hydrogen) atoms. The van der Waals surface area contributed by atoms with Crippen LogP contribution in [0.4, 0.5) is 10.1 Å². The van der Waals surface area contributed by atoms with Gasteiger partial charge in [0.15, 0.2) is 11.5 Å². The fourth-order valence-corrected chi connectivity index (χ4v) is 5.91. The maximum Gasteiger partial charge on any atom is 0.264 e. The zero-order valence-electron chi connectivity index (χ0n) is 23.4. The second-order valence-corrected chi connectivity index (χ2v) is 12.1. The van der Waals surface area contributed by atoms with E-state index in [1.165, 1.54) is 35.2 Å². The lowest BCUT2D eigenvalue weighted by molar-refractivity contribution is -0.139. The lowest BCUT2D eigenvalue weighted by atomic mass is 10.1. The largest absolute Gasteiger partial charge is 0.486 e. The molecule has 2 amide bonds. The van der Waals surface area contributed by atoms with E-state index < -0.39 is 34.3 Å². The molecule has 4 rings (SSSR count). The number of hydrogen-bond donors (Lipinski definition) is 1. The Balaban J connectivity index is 1.69. The predicted octanol–water partition coefficient (Wildman–Crippen LogP) is 4.78. The highest BCUT2D eigenvalue weighted by Crippen LogP contribution is 2.34. The monoisotopic (exact) mass is 617 g/mol. The second-order valence-electron chi connectivity index (χ2n) is 9.76. The third kappa shape index (κ3) is 7.51. The summed E-state index contributed by atoms with van der Waals surface area (Å²) >= 11 is 6.03. The lowest BCUT2D eigenvalue weighted by Crippen LogP contribution is -2.51. The third-order valence-electron chi connectivity index (χ3n) is 6.76. The Morgan fingerprint density at radius 1 is 1.00 bits per heavy atom. The molecule has 224 valence electrons. The van der Waals surface area contributed by atoms with Crippen molar-refractivity contribution in [2.75, 3.05) is 30.6 Å². The molecule has 12 heteroatoms. The number of sulfonamides is 1. The molecule has 0 radical (unpaired) electrons. The predicted molar refractivity (Wildman–Crippen MR) is 158 cm³/mol. The molecule has 1 N–H and O–H groups in total. The van der Waals surface area contributed by atoms with Crippen molar-refractivity contribution >= 4 is 39.1 Å². The first-order valence-corrected chi connectivity index (χ1v) is 15.4. The van der Waals surface area contributed by atoms with Crippen LogP contribution in [0, 0.1) is 5.82 Å². The number of hydrogen-bond acceptors (Lipinski definition) is 6. The molecule has 0 saturated carbocycles. The summed E-state index contributed by atoms with van der Waals surface area (Å²) in [5.41, 5.74) is 0.773. The lowest BCUT2D eigenvalue weighted by Gasteiger charge is -2.32. The number of nitrogens with one attached hydrogen (secondary N) is 1. The molecule has 1 aliphatic heterocycles. The molecule has 0 aliphatic carbocycles. The summed E-state index contributed by atoms with van der Waals surface area (Å²) < 4.78 is 53.8. The van der Waals surface area contributed by atoms with E-state index in [-0.39, 0.29) is 35.4 Å². The van der Waals surface area contributed by atoms with E-state index in [0.29, 0.717) is 29.5 Å². The van der Waals surface area contributed by atoms with Crippen LogP contribution in [0.5, 0.6) is 11.5 Å². The maximum atomic E-state index is 14.0. The van der Waals surface area contributed by atoms with Gasteiger partial charge in [-0.25, -0.2) is 12.8 Å². The van der Waals surface area contributed by atoms with Gasteiger partial charge in [0.2, 0.25) is 11.8 Å². The van der Waals surface area contributed by atoms with Crippen LogP contribution in [-0.4, -0.2) is 57.5 Å². The van der Waals surface area contributed by atoms with Gasteiger partial charge >= 0.3 is 0 Å². The molecule has 0 bridgehead atoms. The number of fused-ring (bicyclic) bond motifs is 1. The normalized spacial score (nSPS) is 13.2. The van der Waals surface area contributed by atoms with Crippen molar-refractivity contribution in [3.63, 3.8) is 0 Å². The number of carbonyl (C=O) groups is 2. The minimum atomic E-state index is -4.36. The smallest absolute Gasteiger partial charge is 0.264 e. The molecule has 9 nitrogen and oxygen atoms in total. The van der Waals surface area contributed by atoms with Crippen molar-refractivity contribution in [1.29, 1.82) is 0 Å². The van der Waals surface area contributed by atoms with Crippen LogP contribution < -0.4 is 19.1 Å². The molecule has 1 aliphatic rings. The minimum absolute atomic E-state index is 0.0275. The summed E-state index contributed by atoms with van der Waals surface area (Å²) in [7, 11) is -4.36. The average Bonchev–Trinajstić information content (AvgIpc) is 2.99. The van der Waals surface area contributed by atoms with Gasteiger partial charge in [0.1, 0.15) is 31.6 Å². The van der Waals surface area contributed by atoms with Gasteiger partial charge in [0.05, 0.1) is 10.6 Å². The number of halogens is 2. The summed E-state index contributed by atoms with van der Waals surface area (Å²) in [5.74, 6) is -0.901. The first kappa shape index (κ1) is 31.1. The van der Waals surface area contributed by atoms with E-state index in [4.69, 9.17) is 21.1 Å². The van der Waals surface area contributed by atoms with Gasteiger partial charge in [0, 0.05) is 24.2 Å². The maximum absolute atomic E-state index is 14.0. The van der Waals surface area contributed by atoms with Gasteiger partial charge in [-0.05, 0) is 67.4 Å². The Hall–Kier alpha value is -3.83. The number of anilines is 1. The zero-order valence-corrected chi connectivity index (χ0v) is 25.0. The van der Waals surface area contributed by atoms with Crippen molar-refractivity contribution in [2.24, 2.45) is 0 Å². The molecular formula is C30H33ClFN3O6S. The first-order chi connectivity index (χ1) is 20.1. The number of unbranched alkanes of at least 4 members (excludes halogenated alkanes) is 1. The van der Waals surface area contributed by atoms with Crippen LogP contribution in [0.25, 0.3) is 0 Å². The van der Waals surface area contributed by atoms with Crippen molar-refractivity contribution in [3.05, 3.63) is 83.1 Å². The highest BCUT2D eigenvalue weighted by molar-refractivity contribution is 7.92. The van der Waals surface area contributed by atoms with Crippen LogP contribution in [0.3, 0.4) is 0 Å². The molecule has 3 aromatic carbocycles. The van der Waals surface area contributed by atoms with Crippen molar-refractivity contribution < 1.29 is 31.9 Å². The molecular weight excluding hydrogens is 585 g/mol. The topological polar surface area (TPSA) is 105 Å². The quantitative estimate of drug-likeness (QED) is 0.293. The number of ether oxygens (including phenoxy) is 2. The van der Waals surface area contributed by atoms with E-state index in [1.54, 1.807) is 31.2 Å². The molecule has 0 unspecified atom stereocenters. The van der Waals surface area contributed by atoms with Crippen LogP contribution in [0.2, 0.25) is 5.02 Å². The molecule has 1 heterocycles. The van der Waals surface area contributed by atoms with E-state index in [9.17, 15) is 22.4 Å². The molecule has 3 aromatic rings. The molecule has 1 atom stereocenters. The van der Waals surface area contributed by atoms with Gasteiger partial charge < -0.3 is 19.7 Å². The summed E-state index contributed by atoms with van der Waals surface area (Å²) in [5, 5.41) is 3.35. The number of benzene rings is 3. The molecule has 0 fully saturated rings. The van der Waals surface area contributed by atoms with Crippen LogP contribution in [-0.2, 0) is 26.2 Å². The van der Waals surface area contributed by atoms with Crippen LogP contribution in [0.1, 0.15) is 32.3 Å². The van der Waals surface area contributed by atoms with Gasteiger partial charge in [-0.3, -0.25) is 13.9 Å². The van der Waals surface area contributed by atoms with Gasteiger partial charge in [0.25, 0.3) is 10.0 Å². The zero-order chi connectivity index (χ0) is 30.3. The van der Waals surface area contributed by atoms with Crippen molar-refractivity contribution in [1.82, 2.24) is 10.2 Å². The number of rotatable bonds is 12. The summed E-state index contributed by atoms with van der Waals surface area (Å²) in [6.07, 6.45) is 1.65. The Labute approximate surface area is 250 Å². The SMILES string of the molecule is CCCCNC(=O)[C@@H](C)N(Cc1ccc(Cl)cc1)C(=O)CN(c1ccc(F)cc1)S(=O)(=O)c1ccc2c(c1)OCCO2. The number of nitrogens with zero attached hydrogens (tertiary/aromatic N) is 2. The van der Waals surface area contributed by atoms with E-state index in [1.807, 2.05) is 6.92 Å².